The van der Waals surface area contributed by atoms with Gasteiger partial charge in [-0.2, -0.15) is 0 Å². The van der Waals surface area contributed by atoms with E-state index >= 15 is 0 Å². The molecule has 0 aliphatic heterocycles. The summed E-state index contributed by atoms with van der Waals surface area (Å²) in [4.78, 5) is 11.7. The summed E-state index contributed by atoms with van der Waals surface area (Å²) in [5.74, 6) is 1.11. The highest BCUT2D eigenvalue weighted by atomic mass is 16.4. The van der Waals surface area contributed by atoms with Gasteiger partial charge >= 0.3 is 0 Å². The quantitative estimate of drug-likeness (QED) is 0.533. The number of ketones is 1. The molecule has 0 bridgehead atoms. The van der Waals surface area contributed by atoms with Crippen LogP contribution in [-0.2, 0) is 4.79 Å². The standard InChI is InChI=1S/C19H25NO3/c1-18-8-7-12(21)9-11(18)3-4-13-14-5-6-16(20-23)19(14,2)10-15(22)17(13)18/h7-9,13-15,17,22-23H,3-6,10H2,1-2H3/b20-16-/t13-,14-,15-,17+,18-,19-/m0/s1. The SMILES string of the molecule is C[C@]12C=CC(=O)C=C1CC[C@@H]1[C@@H]2[C@@H](O)C[C@]2(C)/C(=N\O)CC[C@@H]12. The molecule has 6 atom stereocenters. The second kappa shape index (κ2) is 4.79. The average molecular weight is 315 g/mol. The van der Waals surface area contributed by atoms with Gasteiger partial charge in [-0.15, -0.1) is 0 Å². The molecule has 4 rings (SSSR count). The van der Waals surface area contributed by atoms with Crippen molar-refractivity contribution in [3.05, 3.63) is 23.8 Å². The highest BCUT2D eigenvalue weighted by Crippen LogP contribution is 2.63. The summed E-state index contributed by atoms with van der Waals surface area (Å²) < 4.78 is 0. The molecule has 3 fully saturated rings. The molecule has 23 heavy (non-hydrogen) atoms. The van der Waals surface area contributed by atoms with Gasteiger partial charge in [0.15, 0.2) is 5.78 Å². The first kappa shape index (κ1) is 15.1. The number of aliphatic hydroxyl groups is 1. The zero-order chi connectivity index (χ0) is 16.4. The third kappa shape index (κ3) is 1.87. The van der Waals surface area contributed by atoms with Gasteiger partial charge in [0.25, 0.3) is 0 Å². The van der Waals surface area contributed by atoms with Gasteiger partial charge < -0.3 is 10.3 Å². The van der Waals surface area contributed by atoms with Crippen LogP contribution in [0.15, 0.2) is 29.0 Å². The minimum atomic E-state index is -0.428. The number of rotatable bonds is 0. The molecule has 0 unspecified atom stereocenters. The molecule has 4 aliphatic carbocycles. The number of carbonyl (C=O) groups is 1. The molecule has 4 heteroatoms. The predicted molar refractivity (Wildman–Crippen MR) is 87.2 cm³/mol. The van der Waals surface area contributed by atoms with Gasteiger partial charge in [0.2, 0.25) is 0 Å². The number of carbonyl (C=O) groups excluding carboxylic acids is 1. The topological polar surface area (TPSA) is 69.9 Å². The summed E-state index contributed by atoms with van der Waals surface area (Å²) in [6, 6.07) is 0. The van der Waals surface area contributed by atoms with Gasteiger partial charge in [-0.05, 0) is 56.1 Å². The molecule has 0 amide bonds. The summed E-state index contributed by atoms with van der Waals surface area (Å²) in [5.41, 5.74) is 1.65. The Labute approximate surface area is 137 Å². The fraction of sp³-hybridized carbons (Fsp3) is 0.684. The average Bonchev–Trinajstić information content (AvgIpc) is 2.83. The van der Waals surface area contributed by atoms with Crippen molar-refractivity contribution in [1.82, 2.24) is 0 Å². The van der Waals surface area contributed by atoms with E-state index in [1.54, 1.807) is 12.2 Å². The molecule has 0 radical (unpaired) electrons. The van der Waals surface area contributed by atoms with Crippen molar-refractivity contribution in [1.29, 1.82) is 0 Å². The minimum Gasteiger partial charge on any atom is -0.411 e. The van der Waals surface area contributed by atoms with E-state index < -0.39 is 6.10 Å². The minimum absolute atomic E-state index is 0.0710. The summed E-state index contributed by atoms with van der Waals surface area (Å²) in [7, 11) is 0. The highest BCUT2D eigenvalue weighted by Gasteiger charge is 2.60. The molecule has 0 heterocycles. The van der Waals surface area contributed by atoms with Crippen molar-refractivity contribution in [2.24, 2.45) is 33.7 Å². The first-order chi connectivity index (χ1) is 10.9. The van der Waals surface area contributed by atoms with Crippen LogP contribution < -0.4 is 0 Å². The van der Waals surface area contributed by atoms with Crippen LogP contribution in [0.2, 0.25) is 0 Å². The highest BCUT2D eigenvalue weighted by molar-refractivity contribution is 6.01. The van der Waals surface area contributed by atoms with Crippen LogP contribution in [0.4, 0.5) is 0 Å². The molecule has 3 saturated carbocycles. The lowest BCUT2D eigenvalue weighted by molar-refractivity contribution is -0.112. The molecule has 0 aromatic rings. The first-order valence-corrected chi connectivity index (χ1v) is 8.74. The Morgan fingerprint density at radius 3 is 2.78 bits per heavy atom. The van der Waals surface area contributed by atoms with Crippen LogP contribution in [0, 0.1) is 28.6 Å². The number of aliphatic hydroxyl groups excluding tert-OH is 1. The molecular weight excluding hydrogens is 290 g/mol. The van der Waals surface area contributed by atoms with E-state index in [0.29, 0.717) is 18.3 Å². The van der Waals surface area contributed by atoms with E-state index in [4.69, 9.17) is 0 Å². The molecule has 0 aromatic carbocycles. The van der Waals surface area contributed by atoms with Crippen molar-refractivity contribution in [2.75, 3.05) is 0 Å². The van der Waals surface area contributed by atoms with Crippen LogP contribution >= 0.6 is 0 Å². The van der Waals surface area contributed by atoms with E-state index in [2.05, 4.69) is 19.0 Å². The van der Waals surface area contributed by atoms with Gasteiger partial charge in [0.05, 0.1) is 11.8 Å². The molecule has 4 aliphatic rings. The molecule has 0 aromatic heterocycles. The fourth-order valence-corrected chi connectivity index (χ4v) is 6.28. The van der Waals surface area contributed by atoms with Gasteiger partial charge in [0.1, 0.15) is 0 Å². The predicted octanol–water partition coefficient (Wildman–Crippen LogP) is 3.10. The molecule has 2 N–H and O–H groups in total. The lowest BCUT2D eigenvalue weighted by atomic mass is 9.47. The Morgan fingerprint density at radius 2 is 2.04 bits per heavy atom. The number of fused-ring (bicyclic) bond motifs is 5. The van der Waals surface area contributed by atoms with Crippen molar-refractivity contribution in [2.45, 2.75) is 52.1 Å². The third-order valence-corrected chi connectivity index (χ3v) is 7.36. The maximum Gasteiger partial charge on any atom is 0.178 e. The van der Waals surface area contributed by atoms with Gasteiger partial charge in [-0.1, -0.05) is 30.7 Å². The Hall–Kier alpha value is -1.42. The van der Waals surface area contributed by atoms with E-state index in [-0.39, 0.29) is 22.5 Å². The number of allylic oxidation sites excluding steroid dienone is 4. The smallest absolute Gasteiger partial charge is 0.178 e. The number of oxime groups is 1. The Balaban J connectivity index is 1.76. The summed E-state index contributed by atoms with van der Waals surface area (Å²) in [6.45, 7) is 4.34. The Bertz CT molecular complexity index is 649. The number of hydrogen-bond donors (Lipinski definition) is 2. The van der Waals surface area contributed by atoms with E-state index in [1.807, 2.05) is 6.08 Å². The Kier molecular flexibility index (Phi) is 3.15. The van der Waals surface area contributed by atoms with Crippen LogP contribution in [0.5, 0.6) is 0 Å². The summed E-state index contributed by atoms with van der Waals surface area (Å²) in [5, 5.41) is 23.9. The van der Waals surface area contributed by atoms with Crippen molar-refractivity contribution in [3.63, 3.8) is 0 Å². The summed E-state index contributed by atoms with van der Waals surface area (Å²) >= 11 is 0. The molecule has 124 valence electrons. The molecular formula is C19H25NO3. The monoisotopic (exact) mass is 315 g/mol. The zero-order valence-corrected chi connectivity index (χ0v) is 13.8. The van der Waals surface area contributed by atoms with E-state index in [9.17, 15) is 15.1 Å². The second-order valence-corrected chi connectivity index (χ2v) is 8.30. The largest absolute Gasteiger partial charge is 0.411 e. The van der Waals surface area contributed by atoms with Crippen molar-refractivity contribution >= 4 is 11.5 Å². The third-order valence-electron chi connectivity index (χ3n) is 7.36. The maximum atomic E-state index is 11.7. The van der Waals surface area contributed by atoms with Crippen LogP contribution in [0.3, 0.4) is 0 Å². The van der Waals surface area contributed by atoms with Crippen molar-refractivity contribution in [3.8, 4) is 0 Å². The Morgan fingerprint density at radius 1 is 1.26 bits per heavy atom. The first-order valence-electron chi connectivity index (χ1n) is 8.74. The van der Waals surface area contributed by atoms with Crippen molar-refractivity contribution < 1.29 is 15.1 Å². The zero-order valence-electron chi connectivity index (χ0n) is 13.8. The summed E-state index contributed by atoms with van der Waals surface area (Å²) in [6.07, 6.45) is 9.53. The normalized spacial score (nSPS) is 50.3. The lowest BCUT2D eigenvalue weighted by Gasteiger charge is -2.57. The fourth-order valence-electron chi connectivity index (χ4n) is 6.28. The molecule has 0 spiro atoms. The van der Waals surface area contributed by atoms with Crippen LogP contribution in [-0.4, -0.2) is 27.9 Å². The van der Waals surface area contributed by atoms with Crippen LogP contribution in [0.25, 0.3) is 0 Å². The van der Waals surface area contributed by atoms with Gasteiger partial charge in [-0.3, -0.25) is 4.79 Å². The van der Waals surface area contributed by atoms with Gasteiger partial charge in [0, 0.05) is 16.7 Å². The van der Waals surface area contributed by atoms with E-state index in [0.717, 1.165) is 31.4 Å². The maximum absolute atomic E-state index is 11.7. The lowest BCUT2D eigenvalue weighted by Crippen LogP contribution is -2.56. The van der Waals surface area contributed by atoms with Gasteiger partial charge in [-0.25, -0.2) is 0 Å². The second-order valence-electron chi connectivity index (χ2n) is 8.30. The molecule has 4 nitrogen and oxygen atoms in total. The number of hydrogen-bond acceptors (Lipinski definition) is 4. The van der Waals surface area contributed by atoms with Crippen LogP contribution in [0.1, 0.15) is 46.0 Å². The number of nitrogens with zero attached hydrogens (tertiary/aromatic N) is 1. The van der Waals surface area contributed by atoms with E-state index in [1.165, 1.54) is 5.57 Å². The molecule has 0 saturated heterocycles.